The quantitative estimate of drug-likeness (QED) is 0.449. The summed E-state index contributed by atoms with van der Waals surface area (Å²) in [7, 11) is 0. The van der Waals surface area contributed by atoms with Crippen LogP contribution >= 0.6 is 0 Å². The van der Waals surface area contributed by atoms with Crippen LogP contribution in [0, 0.1) is 0 Å². The van der Waals surface area contributed by atoms with Gasteiger partial charge in [0.25, 0.3) is 0 Å². The Morgan fingerprint density at radius 3 is 2.68 bits per heavy atom. The smallest absolute Gasteiger partial charge is 0.410 e. The molecule has 1 fully saturated rings. The predicted octanol–water partition coefficient (Wildman–Crippen LogP) is 3.81. The molecule has 4 aromatic rings. The second-order valence-electron chi connectivity index (χ2n) is 10.1. The number of oxazole rings is 1. The summed E-state index contributed by atoms with van der Waals surface area (Å²) in [6.45, 7) is 8.45. The third kappa shape index (κ3) is 3.65. The minimum absolute atomic E-state index is 0.228. The maximum Gasteiger partial charge on any atom is 0.410 e. The standard InChI is InChI=1S/C25H28N6O3/c1-25(2,3)34-24(32)29-12-9-17-18(10-13-29)27-21-8-11-26-31(21)23(17)30-14-16(15-30)22-28-19-6-4-5-7-20(19)33-22/h4-8,11,16H,9-10,12-15H2,1-3H3. The first-order valence-corrected chi connectivity index (χ1v) is 11.8. The van der Waals surface area contributed by atoms with E-state index in [4.69, 9.17) is 14.1 Å². The number of amides is 1. The third-order valence-corrected chi connectivity index (χ3v) is 6.43. The van der Waals surface area contributed by atoms with Gasteiger partial charge in [0.1, 0.15) is 16.9 Å². The summed E-state index contributed by atoms with van der Waals surface area (Å²) in [5.41, 5.74) is 4.20. The highest BCUT2D eigenvalue weighted by Crippen LogP contribution is 2.36. The molecule has 1 saturated heterocycles. The van der Waals surface area contributed by atoms with Crippen molar-refractivity contribution in [2.24, 2.45) is 0 Å². The van der Waals surface area contributed by atoms with E-state index in [9.17, 15) is 4.79 Å². The van der Waals surface area contributed by atoms with Gasteiger partial charge in [-0.2, -0.15) is 9.61 Å². The number of carbonyl (C=O) groups is 1. The fourth-order valence-electron chi connectivity index (χ4n) is 4.78. The van der Waals surface area contributed by atoms with Crippen molar-refractivity contribution in [3.63, 3.8) is 0 Å². The Bertz CT molecular complexity index is 1350. The molecule has 3 aromatic heterocycles. The zero-order chi connectivity index (χ0) is 23.4. The van der Waals surface area contributed by atoms with Gasteiger partial charge in [0.05, 0.1) is 17.8 Å². The summed E-state index contributed by atoms with van der Waals surface area (Å²) < 4.78 is 13.5. The lowest BCUT2D eigenvalue weighted by molar-refractivity contribution is 0.0258. The predicted molar refractivity (Wildman–Crippen MR) is 127 cm³/mol. The number of nitrogens with zero attached hydrogens (tertiary/aromatic N) is 6. The van der Waals surface area contributed by atoms with Crippen molar-refractivity contribution >= 4 is 28.7 Å². The molecule has 34 heavy (non-hydrogen) atoms. The molecule has 0 aliphatic carbocycles. The van der Waals surface area contributed by atoms with Gasteiger partial charge in [-0.05, 0) is 39.3 Å². The molecular weight excluding hydrogens is 432 g/mol. The van der Waals surface area contributed by atoms with Gasteiger partial charge < -0.3 is 19.0 Å². The molecule has 0 unspecified atom stereocenters. The highest BCUT2D eigenvalue weighted by Gasteiger charge is 2.36. The summed E-state index contributed by atoms with van der Waals surface area (Å²) in [4.78, 5) is 26.4. The van der Waals surface area contributed by atoms with E-state index in [1.54, 1.807) is 11.1 Å². The maximum absolute atomic E-state index is 12.7. The van der Waals surface area contributed by atoms with Crippen LogP contribution in [0.1, 0.15) is 43.8 Å². The van der Waals surface area contributed by atoms with Crippen molar-refractivity contribution in [3.05, 3.63) is 53.7 Å². The molecule has 0 saturated carbocycles. The summed E-state index contributed by atoms with van der Waals surface area (Å²) in [6.07, 6.45) is 2.91. The number of fused-ring (bicyclic) bond motifs is 3. The second kappa shape index (κ2) is 7.72. The van der Waals surface area contributed by atoms with Crippen molar-refractivity contribution in [3.8, 4) is 0 Å². The van der Waals surface area contributed by atoms with Crippen molar-refractivity contribution in [2.45, 2.75) is 45.1 Å². The fraction of sp³-hybridized carbons (Fsp3) is 0.440. The molecule has 6 rings (SSSR count). The average Bonchev–Trinajstić information content (AvgIpc) is 3.32. The molecule has 2 aliphatic rings. The van der Waals surface area contributed by atoms with Crippen LogP contribution in [0.25, 0.3) is 16.7 Å². The van der Waals surface area contributed by atoms with E-state index in [0.717, 1.165) is 52.8 Å². The Labute approximate surface area is 197 Å². The van der Waals surface area contributed by atoms with Crippen molar-refractivity contribution in [1.82, 2.24) is 24.5 Å². The van der Waals surface area contributed by atoms with Crippen molar-refractivity contribution in [1.29, 1.82) is 0 Å². The number of anilines is 1. The SMILES string of the molecule is CC(C)(C)OC(=O)N1CCc2nc3ccnn3c(N3CC(c4nc5ccccc5o4)C3)c2CC1. The summed E-state index contributed by atoms with van der Waals surface area (Å²) in [5.74, 6) is 2.07. The average molecular weight is 461 g/mol. The third-order valence-electron chi connectivity index (χ3n) is 6.43. The van der Waals surface area contributed by atoms with Gasteiger partial charge >= 0.3 is 6.09 Å². The molecule has 0 bridgehead atoms. The van der Waals surface area contributed by atoms with Crippen LogP contribution in [0.3, 0.4) is 0 Å². The number of benzene rings is 1. The normalized spacial score (nSPS) is 17.0. The largest absolute Gasteiger partial charge is 0.444 e. The first-order chi connectivity index (χ1) is 16.4. The lowest BCUT2D eigenvalue weighted by atomic mass is 9.98. The monoisotopic (exact) mass is 460 g/mol. The van der Waals surface area contributed by atoms with E-state index in [1.165, 1.54) is 0 Å². The van der Waals surface area contributed by atoms with Crippen LogP contribution < -0.4 is 4.90 Å². The second-order valence-corrected chi connectivity index (χ2v) is 10.1. The van der Waals surface area contributed by atoms with E-state index < -0.39 is 5.60 Å². The van der Waals surface area contributed by atoms with Crippen LogP contribution in [-0.4, -0.2) is 62.4 Å². The number of para-hydroxylation sites is 2. The molecule has 5 heterocycles. The highest BCUT2D eigenvalue weighted by molar-refractivity contribution is 5.72. The van der Waals surface area contributed by atoms with Crippen LogP contribution in [0.5, 0.6) is 0 Å². The number of aromatic nitrogens is 4. The van der Waals surface area contributed by atoms with Gasteiger partial charge in [-0.25, -0.2) is 14.8 Å². The lowest BCUT2D eigenvalue weighted by Gasteiger charge is -2.40. The molecule has 0 radical (unpaired) electrons. The van der Waals surface area contributed by atoms with Crippen LogP contribution in [0.2, 0.25) is 0 Å². The topological polar surface area (TPSA) is 89.0 Å². The zero-order valence-corrected chi connectivity index (χ0v) is 19.7. The van der Waals surface area contributed by atoms with Gasteiger partial charge in [0.2, 0.25) is 5.89 Å². The Kier molecular flexibility index (Phi) is 4.75. The summed E-state index contributed by atoms with van der Waals surface area (Å²) >= 11 is 0. The number of carbonyl (C=O) groups excluding carboxylic acids is 1. The van der Waals surface area contributed by atoms with Crippen LogP contribution in [-0.2, 0) is 17.6 Å². The number of ether oxygens (including phenoxy) is 1. The zero-order valence-electron chi connectivity index (χ0n) is 19.7. The highest BCUT2D eigenvalue weighted by atomic mass is 16.6. The molecule has 0 atom stereocenters. The van der Waals surface area contributed by atoms with E-state index in [-0.39, 0.29) is 12.0 Å². The number of hydrogen-bond donors (Lipinski definition) is 0. The summed E-state index contributed by atoms with van der Waals surface area (Å²) in [5, 5.41) is 4.56. The molecular formula is C25H28N6O3. The Morgan fingerprint density at radius 1 is 1.09 bits per heavy atom. The molecule has 9 nitrogen and oxygen atoms in total. The van der Waals surface area contributed by atoms with E-state index in [2.05, 4.69) is 15.0 Å². The maximum atomic E-state index is 12.7. The Morgan fingerprint density at radius 2 is 1.88 bits per heavy atom. The van der Waals surface area contributed by atoms with Gasteiger partial charge in [0, 0.05) is 44.2 Å². The van der Waals surface area contributed by atoms with E-state index in [1.807, 2.05) is 55.6 Å². The minimum Gasteiger partial charge on any atom is -0.444 e. The fourth-order valence-corrected chi connectivity index (χ4v) is 4.78. The molecule has 0 N–H and O–H groups in total. The molecule has 176 valence electrons. The van der Waals surface area contributed by atoms with E-state index in [0.29, 0.717) is 25.9 Å². The molecule has 1 amide bonds. The lowest BCUT2D eigenvalue weighted by Crippen LogP contribution is -2.47. The minimum atomic E-state index is -0.516. The van der Waals surface area contributed by atoms with Gasteiger partial charge in [-0.1, -0.05) is 12.1 Å². The first kappa shape index (κ1) is 20.9. The summed E-state index contributed by atoms with van der Waals surface area (Å²) in [6, 6.07) is 9.80. The molecule has 2 aliphatic heterocycles. The van der Waals surface area contributed by atoms with Gasteiger partial charge in [-0.3, -0.25) is 0 Å². The van der Waals surface area contributed by atoms with Crippen LogP contribution in [0.15, 0.2) is 40.9 Å². The molecule has 9 heteroatoms. The molecule has 1 aromatic carbocycles. The van der Waals surface area contributed by atoms with Crippen molar-refractivity contribution < 1.29 is 13.9 Å². The molecule has 0 spiro atoms. The number of rotatable bonds is 2. The van der Waals surface area contributed by atoms with Crippen LogP contribution in [0.4, 0.5) is 10.6 Å². The van der Waals surface area contributed by atoms with E-state index >= 15 is 0 Å². The van der Waals surface area contributed by atoms with Crippen molar-refractivity contribution in [2.75, 3.05) is 31.1 Å². The number of hydrogen-bond acceptors (Lipinski definition) is 7. The van der Waals surface area contributed by atoms with Gasteiger partial charge in [0.15, 0.2) is 11.2 Å². The first-order valence-electron chi connectivity index (χ1n) is 11.8. The Hall–Kier alpha value is -3.62. The van der Waals surface area contributed by atoms with Gasteiger partial charge in [-0.15, -0.1) is 0 Å². The Balaban J connectivity index is 1.27.